The number of aliphatic hydroxyl groups excluding tert-OH is 1. The molecule has 0 spiro atoms. The van der Waals surface area contributed by atoms with E-state index >= 15 is 0 Å². The van der Waals surface area contributed by atoms with Crippen molar-refractivity contribution < 1.29 is 19.0 Å². The van der Waals surface area contributed by atoms with Crippen molar-refractivity contribution >= 4 is 0 Å². The number of fused-ring (bicyclic) bond motifs is 1. The SMILES string of the molecule is CC(NCc1ccc(CO)o1)c1ccc2c(c1)OCCO2. The molecule has 0 saturated heterocycles. The Balaban J connectivity index is 1.63. The van der Waals surface area contributed by atoms with Crippen LogP contribution in [0.3, 0.4) is 0 Å². The highest BCUT2D eigenvalue weighted by molar-refractivity contribution is 5.44. The highest BCUT2D eigenvalue weighted by Gasteiger charge is 2.14. The number of ether oxygens (including phenoxy) is 2. The van der Waals surface area contributed by atoms with E-state index in [4.69, 9.17) is 19.0 Å². The molecule has 1 aliphatic rings. The molecule has 1 unspecified atom stereocenters. The maximum Gasteiger partial charge on any atom is 0.161 e. The summed E-state index contributed by atoms with van der Waals surface area (Å²) in [6.07, 6.45) is 0. The fourth-order valence-corrected chi connectivity index (χ4v) is 2.30. The van der Waals surface area contributed by atoms with Gasteiger partial charge in [0.2, 0.25) is 0 Å². The smallest absolute Gasteiger partial charge is 0.161 e. The molecule has 3 rings (SSSR count). The monoisotopic (exact) mass is 289 g/mol. The third-order valence-corrected chi connectivity index (χ3v) is 3.52. The Morgan fingerprint density at radius 3 is 2.62 bits per heavy atom. The van der Waals surface area contributed by atoms with Gasteiger partial charge in [-0.3, -0.25) is 0 Å². The van der Waals surface area contributed by atoms with Crippen molar-refractivity contribution in [1.82, 2.24) is 5.32 Å². The quantitative estimate of drug-likeness (QED) is 0.885. The van der Waals surface area contributed by atoms with E-state index in [1.807, 2.05) is 24.3 Å². The Labute approximate surface area is 123 Å². The van der Waals surface area contributed by atoms with E-state index in [9.17, 15) is 0 Å². The molecule has 5 nitrogen and oxygen atoms in total. The van der Waals surface area contributed by atoms with E-state index in [-0.39, 0.29) is 12.6 Å². The summed E-state index contributed by atoms with van der Waals surface area (Å²) in [6, 6.07) is 9.79. The lowest BCUT2D eigenvalue weighted by molar-refractivity contribution is 0.171. The second kappa shape index (κ2) is 6.20. The fourth-order valence-electron chi connectivity index (χ4n) is 2.30. The molecular weight excluding hydrogens is 270 g/mol. The molecule has 0 bridgehead atoms. The summed E-state index contributed by atoms with van der Waals surface area (Å²) in [7, 11) is 0. The molecule has 2 heterocycles. The van der Waals surface area contributed by atoms with Gasteiger partial charge in [-0.25, -0.2) is 0 Å². The van der Waals surface area contributed by atoms with Gasteiger partial charge >= 0.3 is 0 Å². The molecule has 21 heavy (non-hydrogen) atoms. The van der Waals surface area contributed by atoms with E-state index in [0.29, 0.717) is 25.5 Å². The number of nitrogens with one attached hydrogen (secondary N) is 1. The lowest BCUT2D eigenvalue weighted by Crippen LogP contribution is -2.19. The number of benzene rings is 1. The van der Waals surface area contributed by atoms with Crippen LogP contribution in [0.1, 0.15) is 30.0 Å². The Morgan fingerprint density at radius 1 is 1.10 bits per heavy atom. The van der Waals surface area contributed by atoms with Crippen LogP contribution in [-0.2, 0) is 13.2 Å². The molecule has 1 aromatic carbocycles. The van der Waals surface area contributed by atoms with Crippen molar-refractivity contribution in [2.75, 3.05) is 13.2 Å². The fraction of sp³-hybridized carbons (Fsp3) is 0.375. The second-order valence-electron chi connectivity index (χ2n) is 5.03. The predicted octanol–water partition coefficient (Wildman–Crippen LogP) is 2.39. The van der Waals surface area contributed by atoms with Crippen molar-refractivity contribution in [1.29, 1.82) is 0 Å². The summed E-state index contributed by atoms with van der Waals surface area (Å²) in [5.41, 5.74) is 1.13. The maximum absolute atomic E-state index is 8.98. The molecule has 0 aliphatic carbocycles. The van der Waals surface area contributed by atoms with Crippen LogP contribution in [0.4, 0.5) is 0 Å². The van der Waals surface area contributed by atoms with Gasteiger partial charge in [0.1, 0.15) is 31.3 Å². The first kappa shape index (κ1) is 14.0. The minimum atomic E-state index is -0.0717. The van der Waals surface area contributed by atoms with Crippen molar-refractivity contribution in [2.24, 2.45) is 0 Å². The summed E-state index contributed by atoms with van der Waals surface area (Å²) in [4.78, 5) is 0. The molecule has 1 atom stereocenters. The second-order valence-corrected chi connectivity index (χ2v) is 5.03. The Morgan fingerprint density at radius 2 is 1.86 bits per heavy atom. The van der Waals surface area contributed by atoms with Crippen LogP contribution in [0, 0.1) is 0 Å². The van der Waals surface area contributed by atoms with E-state index in [2.05, 4.69) is 12.2 Å². The van der Waals surface area contributed by atoms with Gasteiger partial charge in [-0.2, -0.15) is 0 Å². The molecule has 0 fully saturated rings. The third kappa shape index (κ3) is 3.20. The zero-order chi connectivity index (χ0) is 14.7. The Hall–Kier alpha value is -1.98. The van der Waals surface area contributed by atoms with Crippen LogP contribution in [-0.4, -0.2) is 18.3 Å². The van der Waals surface area contributed by atoms with Crippen molar-refractivity contribution in [3.63, 3.8) is 0 Å². The first-order valence-electron chi connectivity index (χ1n) is 7.07. The number of furan rings is 1. The van der Waals surface area contributed by atoms with Gasteiger partial charge in [0, 0.05) is 6.04 Å². The standard InChI is InChI=1S/C16H19NO4/c1-11(17-9-13-3-4-14(10-18)21-13)12-2-5-15-16(8-12)20-7-6-19-15/h2-5,8,11,17-18H,6-7,9-10H2,1H3. The summed E-state index contributed by atoms with van der Waals surface area (Å²) in [5, 5.41) is 12.4. The maximum atomic E-state index is 8.98. The van der Waals surface area contributed by atoms with Gasteiger partial charge in [0.25, 0.3) is 0 Å². The number of rotatable bonds is 5. The average molecular weight is 289 g/mol. The molecular formula is C16H19NO4. The third-order valence-electron chi connectivity index (χ3n) is 3.52. The predicted molar refractivity (Wildman–Crippen MR) is 77.3 cm³/mol. The van der Waals surface area contributed by atoms with E-state index in [1.165, 1.54) is 0 Å². The largest absolute Gasteiger partial charge is 0.486 e. The minimum absolute atomic E-state index is 0.0717. The molecule has 2 N–H and O–H groups in total. The van der Waals surface area contributed by atoms with Crippen molar-refractivity contribution in [3.8, 4) is 11.5 Å². The zero-order valence-corrected chi connectivity index (χ0v) is 12.0. The lowest BCUT2D eigenvalue weighted by Gasteiger charge is -2.21. The first-order valence-corrected chi connectivity index (χ1v) is 7.07. The molecule has 112 valence electrons. The zero-order valence-electron chi connectivity index (χ0n) is 12.0. The number of hydrogen-bond donors (Lipinski definition) is 2. The van der Waals surface area contributed by atoms with E-state index in [0.717, 1.165) is 22.8 Å². The molecule has 0 saturated carbocycles. The lowest BCUT2D eigenvalue weighted by atomic mass is 10.1. The van der Waals surface area contributed by atoms with Gasteiger partial charge in [-0.15, -0.1) is 0 Å². The van der Waals surface area contributed by atoms with Gasteiger partial charge < -0.3 is 24.3 Å². The van der Waals surface area contributed by atoms with Crippen LogP contribution in [0.25, 0.3) is 0 Å². The Bertz CT molecular complexity index is 608. The van der Waals surface area contributed by atoms with Crippen LogP contribution in [0.15, 0.2) is 34.7 Å². The van der Waals surface area contributed by atoms with Crippen LogP contribution in [0.2, 0.25) is 0 Å². The minimum Gasteiger partial charge on any atom is -0.486 e. The summed E-state index contributed by atoms with van der Waals surface area (Å²) in [5.74, 6) is 2.99. The van der Waals surface area contributed by atoms with Gasteiger partial charge in [0.15, 0.2) is 11.5 Å². The van der Waals surface area contributed by atoms with Crippen LogP contribution in [0.5, 0.6) is 11.5 Å². The van der Waals surface area contributed by atoms with Gasteiger partial charge in [0.05, 0.1) is 6.54 Å². The average Bonchev–Trinajstić information content (AvgIpc) is 3.00. The van der Waals surface area contributed by atoms with Crippen LogP contribution >= 0.6 is 0 Å². The number of hydrogen-bond acceptors (Lipinski definition) is 5. The highest BCUT2D eigenvalue weighted by Crippen LogP contribution is 2.32. The molecule has 1 aliphatic heterocycles. The van der Waals surface area contributed by atoms with Gasteiger partial charge in [-0.1, -0.05) is 6.07 Å². The summed E-state index contributed by atoms with van der Waals surface area (Å²) >= 11 is 0. The van der Waals surface area contributed by atoms with E-state index < -0.39 is 0 Å². The number of aliphatic hydroxyl groups is 1. The van der Waals surface area contributed by atoms with Crippen molar-refractivity contribution in [3.05, 3.63) is 47.4 Å². The van der Waals surface area contributed by atoms with Crippen molar-refractivity contribution in [2.45, 2.75) is 26.1 Å². The normalized spacial score (nSPS) is 15.0. The van der Waals surface area contributed by atoms with E-state index in [1.54, 1.807) is 6.07 Å². The summed E-state index contributed by atoms with van der Waals surface area (Å²) in [6.45, 7) is 3.81. The summed E-state index contributed by atoms with van der Waals surface area (Å²) < 4.78 is 16.6. The highest BCUT2D eigenvalue weighted by atomic mass is 16.6. The topological polar surface area (TPSA) is 63.9 Å². The molecule has 5 heteroatoms. The van der Waals surface area contributed by atoms with Crippen LogP contribution < -0.4 is 14.8 Å². The Kier molecular flexibility index (Phi) is 4.13. The van der Waals surface area contributed by atoms with Gasteiger partial charge in [-0.05, 0) is 36.8 Å². The molecule has 0 amide bonds. The molecule has 2 aromatic rings. The first-order chi connectivity index (χ1) is 10.3. The molecule has 1 aromatic heterocycles. The molecule has 0 radical (unpaired) electrons.